The fraction of sp³-hybridized carbons (Fsp3) is 0.692. The van der Waals surface area contributed by atoms with Gasteiger partial charge >= 0.3 is 0 Å². The number of ether oxygens (including phenoxy) is 1. The van der Waals surface area contributed by atoms with Gasteiger partial charge in [-0.05, 0) is 54.6 Å². The van der Waals surface area contributed by atoms with Gasteiger partial charge in [0.05, 0.1) is 0 Å². The predicted octanol–water partition coefficient (Wildman–Crippen LogP) is 3.98. The maximum Gasteiger partial charge on any atom is 0.0469 e. The molecule has 0 bridgehead atoms. The lowest BCUT2D eigenvalue weighted by atomic mass is 9.92. The quantitative estimate of drug-likeness (QED) is 0.907. The summed E-state index contributed by atoms with van der Waals surface area (Å²) >= 11 is 5.32. The van der Waals surface area contributed by atoms with Crippen LogP contribution in [0.4, 0.5) is 0 Å². The van der Waals surface area contributed by atoms with Crippen LogP contribution in [0.1, 0.15) is 37.6 Å². The van der Waals surface area contributed by atoms with Crippen molar-refractivity contribution < 1.29 is 4.74 Å². The Balaban J connectivity index is 1.87. The number of thiophene rings is 1. The topological polar surface area (TPSA) is 21.3 Å². The van der Waals surface area contributed by atoms with E-state index in [0.717, 1.165) is 19.1 Å². The zero-order valence-electron chi connectivity index (χ0n) is 10.4. The van der Waals surface area contributed by atoms with Crippen LogP contribution in [-0.2, 0) is 4.74 Å². The first-order valence-corrected chi connectivity index (χ1v) is 7.92. The molecule has 2 rings (SSSR count). The predicted molar refractivity (Wildman–Crippen MR) is 76.6 cm³/mol. The zero-order chi connectivity index (χ0) is 12.3. The third-order valence-electron chi connectivity index (χ3n) is 3.50. The Morgan fingerprint density at radius 3 is 2.71 bits per heavy atom. The molecule has 0 amide bonds. The molecule has 2 heterocycles. The molecule has 1 saturated heterocycles. The van der Waals surface area contributed by atoms with E-state index < -0.39 is 0 Å². The second kappa shape index (κ2) is 6.32. The Morgan fingerprint density at radius 2 is 2.12 bits per heavy atom. The molecule has 1 aliphatic rings. The molecule has 17 heavy (non-hydrogen) atoms. The first-order valence-electron chi connectivity index (χ1n) is 6.24. The van der Waals surface area contributed by atoms with Crippen molar-refractivity contribution in [1.82, 2.24) is 5.32 Å². The number of rotatable bonds is 4. The van der Waals surface area contributed by atoms with Crippen LogP contribution in [0.25, 0.3) is 0 Å². The molecule has 4 heteroatoms. The van der Waals surface area contributed by atoms with Gasteiger partial charge in [-0.1, -0.05) is 0 Å². The summed E-state index contributed by atoms with van der Waals surface area (Å²) in [6.45, 7) is 6.40. The molecule has 0 aliphatic carbocycles. The third-order valence-corrected chi connectivity index (χ3v) is 5.38. The minimum Gasteiger partial charge on any atom is -0.381 e. The maximum absolute atomic E-state index is 5.41. The lowest BCUT2D eigenvalue weighted by Crippen LogP contribution is -2.37. The van der Waals surface area contributed by atoms with Crippen molar-refractivity contribution in [2.24, 2.45) is 5.92 Å². The van der Waals surface area contributed by atoms with Crippen molar-refractivity contribution in [3.63, 3.8) is 0 Å². The average molecular weight is 318 g/mol. The highest BCUT2D eigenvalue weighted by molar-refractivity contribution is 9.10. The highest BCUT2D eigenvalue weighted by atomic mass is 79.9. The van der Waals surface area contributed by atoms with Crippen LogP contribution in [0.3, 0.4) is 0 Å². The Labute approximate surface area is 116 Å². The van der Waals surface area contributed by atoms with Gasteiger partial charge in [0.1, 0.15) is 0 Å². The smallest absolute Gasteiger partial charge is 0.0469 e. The highest BCUT2D eigenvalue weighted by Crippen LogP contribution is 2.27. The first-order chi connectivity index (χ1) is 8.16. The van der Waals surface area contributed by atoms with Crippen molar-refractivity contribution in [3.05, 3.63) is 20.8 Å². The van der Waals surface area contributed by atoms with Gasteiger partial charge in [0, 0.05) is 40.0 Å². The van der Waals surface area contributed by atoms with E-state index in [2.05, 4.69) is 46.5 Å². The molecule has 0 radical (unpaired) electrons. The zero-order valence-corrected chi connectivity index (χ0v) is 12.8. The van der Waals surface area contributed by atoms with Gasteiger partial charge in [0.2, 0.25) is 0 Å². The van der Waals surface area contributed by atoms with E-state index in [9.17, 15) is 0 Å². The summed E-state index contributed by atoms with van der Waals surface area (Å²) in [5.74, 6) is 0.759. The number of nitrogens with one attached hydrogen (secondary N) is 1. The van der Waals surface area contributed by atoms with Gasteiger partial charge < -0.3 is 10.1 Å². The standard InChI is InChI=1S/C13H20BrNOS/c1-9(11-3-5-16-6-4-11)15-10(2)13-7-12(14)8-17-13/h7-11,15H,3-6H2,1-2H3. The molecule has 0 spiro atoms. The fourth-order valence-electron chi connectivity index (χ4n) is 2.38. The molecule has 2 atom stereocenters. The summed E-state index contributed by atoms with van der Waals surface area (Å²) in [4.78, 5) is 1.40. The minimum absolute atomic E-state index is 0.434. The van der Waals surface area contributed by atoms with E-state index in [0.29, 0.717) is 12.1 Å². The molecule has 0 aromatic carbocycles. The van der Waals surface area contributed by atoms with E-state index in [4.69, 9.17) is 4.74 Å². The van der Waals surface area contributed by atoms with Crippen LogP contribution in [0, 0.1) is 5.92 Å². The fourth-order valence-corrected chi connectivity index (χ4v) is 3.85. The van der Waals surface area contributed by atoms with Crippen molar-refractivity contribution in [1.29, 1.82) is 0 Å². The van der Waals surface area contributed by atoms with Gasteiger partial charge in [-0.2, -0.15) is 0 Å². The van der Waals surface area contributed by atoms with Crippen molar-refractivity contribution in [2.45, 2.75) is 38.8 Å². The van der Waals surface area contributed by atoms with Crippen LogP contribution in [0.15, 0.2) is 15.9 Å². The summed E-state index contributed by atoms with van der Waals surface area (Å²) < 4.78 is 6.60. The Morgan fingerprint density at radius 1 is 1.41 bits per heavy atom. The Bertz CT molecular complexity index is 349. The van der Waals surface area contributed by atoms with Crippen LogP contribution in [0.5, 0.6) is 0 Å². The summed E-state index contributed by atoms with van der Waals surface area (Å²) in [5, 5.41) is 5.86. The molecule has 1 aromatic rings. The van der Waals surface area contributed by atoms with E-state index >= 15 is 0 Å². The normalized spacial score (nSPS) is 21.4. The SMILES string of the molecule is CC(NC(C)C1CCOCC1)c1cc(Br)cs1. The molecule has 1 N–H and O–H groups in total. The molecule has 2 nitrogen and oxygen atoms in total. The summed E-state index contributed by atoms with van der Waals surface area (Å²) in [7, 11) is 0. The van der Waals surface area contributed by atoms with E-state index in [1.807, 2.05) is 11.3 Å². The lowest BCUT2D eigenvalue weighted by Gasteiger charge is -2.30. The number of hydrogen-bond acceptors (Lipinski definition) is 3. The van der Waals surface area contributed by atoms with Crippen molar-refractivity contribution in [3.8, 4) is 0 Å². The molecular formula is C13H20BrNOS. The van der Waals surface area contributed by atoms with E-state index in [1.165, 1.54) is 22.2 Å². The summed E-state index contributed by atoms with van der Waals surface area (Å²) in [6, 6.07) is 3.21. The number of halogens is 1. The Kier molecular flexibility index (Phi) is 5.03. The summed E-state index contributed by atoms with van der Waals surface area (Å²) in [6.07, 6.45) is 2.38. The van der Waals surface area contributed by atoms with Gasteiger partial charge in [0.25, 0.3) is 0 Å². The molecule has 1 aromatic heterocycles. The number of hydrogen-bond donors (Lipinski definition) is 1. The third kappa shape index (κ3) is 3.78. The Hall–Kier alpha value is 0.1000. The van der Waals surface area contributed by atoms with Crippen LogP contribution in [0.2, 0.25) is 0 Å². The molecule has 96 valence electrons. The largest absolute Gasteiger partial charge is 0.381 e. The van der Waals surface area contributed by atoms with Gasteiger partial charge in [-0.3, -0.25) is 0 Å². The molecule has 2 unspecified atom stereocenters. The molecular weight excluding hydrogens is 298 g/mol. The second-order valence-corrected chi connectivity index (χ2v) is 6.65. The van der Waals surface area contributed by atoms with Crippen LogP contribution < -0.4 is 5.32 Å². The molecule has 1 fully saturated rings. The van der Waals surface area contributed by atoms with Crippen LogP contribution >= 0.6 is 27.3 Å². The first kappa shape index (κ1) is 13.5. The molecule has 1 aliphatic heterocycles. The summed E-state index contributed by atoms with van der Waals surface area (Å²) in [5.41, 5.74) is 0. The monoisotopic (exact) mass is 317 g/mol. The average Bonchev–Trinajstić information content (AvgIpc) is 2.77. The maximum atomic E-state index is 5.41. The van der Waals surface area contributed by atoms with Crippen molar-refractivity contribution in [2.75, 3.05) is 13.2 Å². The van der Waals surface area contributed by atoms with Crippen molar-refractivity contribution >= 4 is 27.3 Å². The van der Waals surface area contributed by atoms with E-state index in [-0.39, 0.29) is 0 Å². The highest BCUT2D eigenvalue weighted by Gasteiger charge is 2.22. The van der Waals surface area contributed by atoms with Gasteiger partial charge in [-0.15, -0.1) is 11.3 Å². The lowest BCUT2D eigenvalue weighted by molar-refractivity contribution is 0.0547. The van der Waals surface area contributed by atoms with Gasteiger partial charge in [0.15, 0.2) is 0 Å². The van der Waals surface area contributed by atoms with Gasteiger partial charge in [-0.25, -0.2) is 0 Å². The van der Waals surface area contributed by atoms with Crippen LogP contribution in [-0.4, -0.2) is 19.3 Å². The minimum atomic E-state index is 0.434. The van der Waals surface area contributed by atoms with E-state index in [1.54, 1.807) is 0 Å². The second-order valence-electron chi connectivity index (χ2n) is 4.79. The molecule has 0 saturated carbocycles.